The number of rotatable bonds is 9. The number of carbonyl (C=O) groups is 1. The Labute approximate surface area is 137 Å². The smallest absolute Gasteiger partial charge is 0.137 e. The van der Waals surface area contributed by atoms with Crippen LogP contribution < -0.4 is 11.1 Å². The molecule has 0 aliphatic heterocycles. The number of nitrogens with one attached hydrogen (secondary N) is 2. The quantitative estimate of drug-likeness (QED) is 0.378. The minimum atomic E-state index is 0.0847. The Kier molecular flexibility index (Phi) is 6.51. The van der Waals surface area contributed by atoms with Gasteiger partial charge in [0.05, 0.1) is 0 Å². The summed E-state index contributed by atoms with van der Waals surface area (Å²) in [6, 6.07) is 17.5. The molecule has 0 aliphatic rings. The summed E-state index contributed by atoms with van der Waals surface area (Å²) < 4.78 is 0. The van der Waals surface area contributed by atoms with Gasteiger partial charge in [0.25, 0.3) is 0 Å². The Morgan fingerprint density at radius 3 is 2.35 bits per heavy atom. The maximum Gasteiger partial charge on any atom is 0.137 e. The van der Waals surface area contributed by atoms with Crippen molar-refractivity contribution in [3.63, 3.8) is 0 Å². The second-order valence-electron chi connectivity index (χ2n) is 5.59. The molecule has 0 heterocycles. The van der Waals surface area contributed by atoms with Crippen molar-refractivity contribution >= 4 is 11.6 Å². The molecule has 0 bridgehead atoms. The van der Waals surface area contributed by atoms with E-state index in [0.717, 1.165) is 36.2 Å². The van der Waals surface area contributed by atoms with Crippen molar-refractivity contribution in [2.75, 3.05) is 6.54 Å². The number of benzene rings is 2. The van der Waals surface area contributed by atoms with Crippen LogP contribution in [0.15, 0.2) is 54.6 Å². The van der Waals surface area contributed by atoms with Crippen molar-refractivity contribution in [3.8, 4) is 0 Å². The van der Waals surface area contributed by atoms with Gasteiger partial charge in [0.2, 0.25) is 0 Å². The molecule has 2 aromatic rings. The second kappa shape index (κ2) is 8.86. The Morgan fingerprint density at radius 1 is 1.00 bits per heavy atom. The fourth-order valence-corrected chi connectivity index (χ4v) is 2.36. The average molecular weight is 309 g/mol. The first-order chi connectivity index (χ1) is 11.1. The molecule has 0 amide bonds. The molecule has 23 heavy (non-hydrogen) atoms. The number of ketones is 1. The van der Waals surface area contributed by atoms with Crippen molar-refractivity contribution in [2.24, 2.45) is 5.73 Å². The molecule has 2 aromatic carbocycles. The van der Waals surface area contributed by atoms with Crippen LogP contribution in [-0.2, 0) is 17.8 Å². The van der Waals surface area contributed by atoms with E-state index in [4.69, 9.17) is 11.1 Å². The van der Waals surface area contributed by atoms with Gasteiger partial charge in [0.15, 0.2) is 0 Å². The monoisotopic (exact) mass is 309 g/mol. The molecule has 4 N–H and O–H groups in total. The van der Waals surface area contributed by atoms with Gasteiger partial charge in [-0.15, -0.1) is 0 Å². The molecular weight excluding hydrogens is 286 g/mol. The maximum atomic E-state index is 11.9. The summed E-state index contributed by atoms with van der Waals surface area (Å²) in [7, 11) is 0. The van der Waals surface area contributed by atoms with E-state index in [1.54, 1.807) is 0 Å². The van der Waals surface area contributed by atoms with Crippen LogP contribution in [0, 0.1) is 5.41 Å². The highest BCUT2D eigenvalue weighted by molar-refractivity contribution is 5.94. The third-order valence-electron chi connectivity index (χ3n) is 3.65. The number of hydrogen-bond donors (Lipinski definition) is 3. The van der Waals surface area contributed by atoms with Gasteiger partial charge in [-0.2, -0.15) is 0 Å². The lowest BCUT2D eigenvalue weighted by molar-refractivity contribution is -0.118. The zero-order valence-corrected chi connectivity index (χ0v) is 13.2. The lowest BCUT2D eigenvalue weighted by Gasteiger charge is -2.06. The van der Waals surface area contributed by atoms with Crippen molar-refractivity contribution in [1.29, 1.82) is 5.41 Å². The SMILES string of the molecule is N=C(N)c1ccc(CNCCCC(=O)Cc2ccccc2)cc1. The van der Waals surface area contributed by atoms with Gasteiger partial charge in [0.1, 0.15) is 11.6 Å². The van der Waals surface area contributed by atoms with E-state index < -0.39 is 0 Å². The number of nitrogen functional groups attached to an aromatic ring is 1. The second-order valence-corrected chi connectivity index (χ2v) is 5.59. The Hall–Kier alpha value is -2.46. The van der Waals surface area contributed by atoms with Crippen LogP contribution in [0.1, 0.15) is 29.5 Å². The summed E-state index contributed by atoms with van der Waals surface area (Å²) in [5.74, 6) is 0.366. The molecule has 2 rings (SSSR count). The van der Waals surface area contributed by atoms with Crippen LogP contribution >= 0.6 is 0 Å². The van der Waals surface area contributed by atoms with Crippen LogP contribution in [0.5, 0.6) is 0 Å². The van der Waals surface area contributed by atoms with Gasteiger partial charge in [-0.1, -0.05) is 54.6 Å². The normalized spacial score (nSPS) is 10.4. The minimum absolute atomic E-state index is 0.0847. The minimum Gasteiger partial charge on any atom is -0.384 e. The third-order valence-corrected chi connectivity index (χ3v) is 3.65. The summed E-state index contributed by atoms with van der Waals surface area (Å²) in [6.07, 6.45) is 1.97. The standard InChI is InChI=1S/C19H23N3O/c20-19(21)17-10-8-16(9-11-17)14-22-12-4-7-18(23)13-15-5-2-1-3-6-15/h1-3,5-6,8-11,22H,4,7,12-14H2,(H3,20,21). The summed E-state index contributed by atoms with van der Waals surface area (Å²) >= 11 is 0. The molecule has 4 heteroatoms. The van der Waals surface area contributed by atoms with Crippen molar-refractivity contribution in [1.82, 2.24) is 5.32 Å². The lowest BCUT2D eigenvalue weighted by atomic mass is 10.1. The molecule has 0 saturated heterocycles. The van der Waals surface area contributed by atoms with Gasteiger partial charge < -0.3 is 11.1 Å². The highest BCUT2D eigenvalue weighted by atomic mass is 16.1. The summed E-state index contributed by atoms with van der Waals surface area (Å²) in [6.45, 7) is 1.57. The van der Waals surface area contributed by atoms with Gasteiger partial charge in [0, 0.05) is 24.9 Å². The molecule has 0 spiro atoms. The summed E-state index contributed by atoms with van der Waals surface area (Å²) in [5.41, 5.74) is 8.38. The first-order valence-corrected chi connectivity index (χ1v) is 7.85. The van der Waals surface area contributed by atoms with E-state index in [2.05, 4.69) is 5.32 Å². The topological polar surface area (TPSA) is 79.0 Å². The molecule has 0 aliphatic carbocycles. The lowest BCUT2D eigenvalue weighted by Crippen LogP contribution is -2.16. The zero-order chi connectivity index (χ0) is 16.5. The molecule has 0 atom stereocenters. The van der Waals surface area contributed by atoms with Crippen LogP contribution in [0.3, 0.4) is 0 Å². The predicted octanol–water partition coefficient (Wildman–Crippen LogP) is 2.65. The number of nitrogens with two attached hydrogens (primary N) is 1. The van der Waals surface area contributed by atoms with E-state index in [-0.39, 0.29) is 11.6 Å². The molecule has 120 valence electrons. The first kappa shape index (κ1) is 16.9. The Bertz CT molecular complexity index is 635. The van der Waals surface area contributed by atoms with Gasteiger partial charge in [-0.25, -0.2) is 0 Å². The number of amidine groups is 1. The average Bonchev–Trinajstić information content (AvgIpc) is 2.56. The Morgan fingerprint density at radius 2 is 1.70 bits per heavy atom. The largest absolute Gasteiger partial charge is 0.384 e. The van der Waals surface area contributed by atoms with E-state index in [1.165, 1.54) is 0 Å². The molecule has 0 unspecified atom stereocenters. The molecule has 0 saturated carbocycles. The predicted molar refractivity (Wildman–Crippen MR) is 93.6 cm³/mol. The van der Waals surface area contributed by atoms with E-state index >= 15 is 0 Å². The van der Waals surface area contributed by atoms with Crippen molar-refractivity contribution in [3.05, 3.63) is 71.3 Å². The summed E-state index contributed by atoms with van der Waals surface area (Å²) in [5, 5.41) is 10.7. The molecule has 4 nitrogen and oxygen atoms in total. The molecular formula is C19H23N3O. The third kappa shape index (κ3) is 6.04. The van der Waals surface area contributed by atoms with Crippen LogP contribution in [0.4, 0.5) is 0 Å². The summed E-state index contributed by atoms with van der Waals surface area (Å²) in [4.78, 5) is 11.9. The zero-order valence-electron chi connectivity index (χ0n) is 13.2. The van der Waals surface area contributed by atoms with E-state index in [9.17, 15) is 4.79 Å². The van der Waals surface area contributed by atoms with Crippen molar-refractivity contribution in [2.45, 2.75) is 25.8 Å². The number of carbonyl (C=O) groups excluding carboxylic acids is 1. The Balaban J connectivity index is 1.62. The first-order valence-electron chi connectivity index (χ1n) is 7.85. The van der Waals surface area contributed by atoms with E-state index in [0.29, 0.717) is 12.8 Å². The highest BCUT2D eigenvalue weighted by Crippen LogP contribution is 2.05. The molecule has 0 aromatic heterocycles. The van der Waals surface area contributed by atoms with Crippen LogP contribution in [0.2, 0.25) is 0 Å². The van der Waals surface area contributed by atoms with Crippen LogP contribution in [-0.4, -0.2) is 18.2 Å². The van der Waals surface area contributed by atoms with Crippen LogP contribution in [0.25, 0.3) is 0 Å². The van der Waals surface area contributed by atoms with Gasteiger partial charge in [-0.3, -0.25) is 10.2 Å². The number of Topliss-reactive ketones (excluding diaryl/α,β-unsaturated/α-hetero) is 1. The maximum absolute atomic E-state index is 11.9. The van der Waals surface area contributed by atoms with Crippen molar-refractivity contribution < 1.29 is 4.79 Å². The fourth-order valence-electron chi connectivity index (χ4n) is 2.36. The highest BCUT2D eigenvalue weighted by Gasteiger charge is 2.03. The number of hydrogen-bond acceptors (Lipinski definition) is 3. The van der Waals surface area contributed by atoms with Gasteiger partial charge in [-0.05, 0) is 24.1 Å². The van der Waals surface area contributed by atoms with Gasteiger partial charge >= 0.3 is 0 Å². The van der Waals surface area contributed by atoms with E-state index in [1.807, 2.05) is 54.6 Å². The molecule has 0 fully saturated rings. The molecule has 0 radical (unpaired) electrons. The fraction of sp³-hybridized carbons (Fsp3) is 0.263.